The molecule has 0 aromatic carbocycles. The molecule has 8 heteroatoms. The monoisotopic (exact) mass is 364 g/mol. The van der Waals surface area contributed by atoms with Crippen LogP contribution in [0.25, 0.3) is 0 Å². The van der Waals surface area contributed by atoms with Crippen LogP contribution in [-0.2, 0) is 21.4 Å². The van der Waals surface area contributed by atoms with Gasteiger partial charge in [0, 0.05) is 58.2 Å². The van der Waals surface area contributed by atoms with Crippen LogP contribution in [0.2, 0.25) is 0 Å². The van der Waals surface area contributed by atoms with Crippen molar-refractivity contribution in [3.63, 3.8) is 0 Å². The summed E-state index contributed by atoms with van der Waals surface area (Å²) in [6.07, 6.45) is 5.19. The van der Waals surface area contributed by atoms with E-state index in [4.69, 9.17) is 0 Å². The lowest BCUT2D eigenvalue weighted by Crippen LogP contribution is -2.59. The van der Waals surface area contributed by atoms with Crippen molar-refractivity contribution in [2.45, 2.75) is 24.6 Å². The Morgan fingerprint density at radius 1 is 1.16 bits per heavy atom. The van der Waals surface area contributed by atoms with Crippen molar-refractivity contribution in [2.24, 2.45) is 5.92 Å². The normalized spacial score (nSPS) is 23.4. The lowest BCUT2D eigenvalue weighted by Gasteiger charge is -2.42. The number of carbonyl (C=O) groups is 1. The SMILES string of the molecule is O=C(C1CN(S(=O)(=O)C2CC2)C1)N1CCN(Cc2cccnc2)CC1. The molecule has 0 spiro atoms. The maximum absolute atomic E-state index is 12.6. The largest absolute Gasteiger partial charge is 0.340 e. The molecule has 0 unspecified atom stereocenters. The van der Waals surface area contributed by atoms with Gasteiger partial charge in [0.1, 0.15) is 0 Å². The summed E-state index contributed by atoms with van der Waals surface area (Å²) in [4.78, 5) is 20.9. The Morgan fingerprint density at radius 3 is 2.48 bits per heavy atom. The number of pyridine rings is 1. The molecule has 1 amide bonds. The Hall–Kier alpha value is -1.51. The van der Waals surface area contributed by atoms with Crippen LogP contribution < -0.4 is 0 Å². The quantitative estimate of drug-likeness (QED) is 0.744. The van der Waals surface area contributed by atoms with E-state index in [2.05, 4.69) is 16.0 Å². The van der Waals surface area contributed by atoms with Crippen LogP contribution in [0.1, 0.15) is 18.4 Å². The summed E-state index contributed by atoms with van der Waals surface area (Å²) in [5, 5.41) is -0.181. The van der Waals surface area contributed by atoms with Gasteiger partial charge in [-0.05, 0) is 24.5 Å². The third kappa shape index (κ3) is 3.56. The number of carbonyl (C=O) groups excluding carboxylic acids is 1. The Labute approximate surface area is 148 Å². The number of piperazine rings is 1. The van der Waals surface area contributed by atoms with Crippen molar-refractivity contribution in [2.75, 3.05) is 39.3 Å². The van der Waals surface area contributed by atoms with Crippen LogP contribution in [0.15, 0.2) is 24.5 Å². The average Bonchev–Trinajstić information content (AvgIpc) is 3.40. The van der Waals surface area contributed by atoms with E-state index < -0.39 is 10.0 Å². The van der Waals surface area contributed by atoms with Crippen molar-refractivity contribution in [3.05, 3.63) is 30.1 Å². The van der Waals surface area contributed by atoms with Gasteiger partial charge in [0.2, 0.25) is 15.9 Å². The lowest BCUT2D eigenvalue weighted by molar-refractivity contribution is -0.140. The highest BCUT2D eigenvalue weighted by atomic mass is 32.2. The highest BCUT2D eigenvalue weighted by Crippen LogP contribution is 2.34. The Morgan fingerprint density at radius 2 is 1.88 bits per heavy atom. The minimum absolute atomic E-state index is 0.114. The molecule has 0 atom stereocenters. The summed E-state index contributed by atoms with van der Waals surface area (Å²) >= 11 is 0. The van der Waals surface area contributed by atoms with E-state index in [-0.39, 0.29) is 17.1 Å². The number of aromatic nitrogens is 1. The summed E-state index contributed by atoms with van der Waals surface area (Å²) in [6.45, 7) is 4.71. The molecule has 3 aliphatic rings. The van der Waals surface area contributed by atoms with Crippen LogP contribution in [0.4, 0.5) is 0 Å². The predicted octanol–water partition coefficient (Wildman–Crippen LogP) is 0.150. The number of hydrogen-bond donors (Lipinski definition) is 0. The highest BCUT2D eigenvalue weighted by Gasteiger charge is 2.47. The number of sulfonamides is 1. The van der Waals surface area contributed by atoms with Gasteiger partial charge in [0.15, 0.2) is 0 Å². The summed E-state index contributed by atoms with van der Waals surface area (Å²) < 4.78 is 25.7. The van der Waals surface area contributed by atoms with E-state index in [0.717, 1.165) is 32.5 Å². The van der Waals surface area contributed by atoms with Gasteiger partial charge in [-0.15, -0.1) is 0 Å². The fourth-order valence-electron chi connectivity index (χ4n) is 3.51. The molecule has 1 aliphatic carbocycles. The third-order valence-corrected chi connectivity index (χ3v) is 7.65. The molecule has 4 rings (SSSR count). The molecule has 1 aromatic rings. The first-order valence-corrected chi connectivity index (χ1v) is 10.4. The first kappa shape index (κ1) is 16.9. The minimum Gasteiger partial charge on any atom is -0.340 e. The van der Waals surface area contributed by atoms with Crippen molar-refractivity contribution < 1.29 is 13.2 Å². The van der Waals surface area contributed by atoms with E-state index in [1.54, 1.807) is 6.20 Å². The molecule has 25 heavy (non-hydrogen) atoms. The van der Waals surface area contributed by atoms with Gasteiger partial charge in [-0.3, -0.25) is 14.7 Å². The topological polar surface area (TPSA) is 73.8 Å². The molecular formula is C17H24N4O3S. The first-order valence-electron chi connectivity index (χ1n) is 8.93. The smallest absolute Gasteiger partial charge is 0.228 e. The van der Waals surface area contributed by atoms with Crippen LogP contribution in [0.5, 0.6) is 0 Å². The molecule has 3 heterocycles. The molecule has 1 saturated carbocycles. The Kier molecular flexibility index (Phi) is 4.51. The summed E-state index contributed by atoms with van der Waals surface area (Å²) in [7, 11) is -3.12. The van der Waals surface area contributed by atoms with E-state index >= 15 is 0 Å². The molecule has 1 aromatic heterocycles. The number of hydrogen-bond acceptors (Lipinski definition) is 5. The maximum atomic E-state index is 12.6. The van der Waals surface area contributed by atoms with Crippen LogP contribution in [0.3, 0.4) is 0 Å². The fourth-order valence-corrected chi connectivity index (χ4v) is 5.44. The van der Waals surface area contributed by atoms with Crippen molar-refractivity contribution >= 4 is 15.9 Å². The van der Waals surface area contributed by atoms with Gasteiger partial charge in [-0.1, -0.05) is 6.07 Å². The number of nitrogens with zero attached hydrogens (tertiary/aromatic N) is 4. The van der Waals surface area contributed by atoms with Gasteiger partial charge in [-0.2, -0.15) is 4.31 Å². The number of rotatable bonds is 5. The molecule has 2 aliphatic heterocycles. The van der Waals surface area contributed by atoms with Crippen LogP contribution in [0, 0.1) is 5.92 Å². The van der Waals surface area contributed by atoms with E-state index in [1.165, 1.54) is 9.87 Å². The Balaban J connectivity index is 1.24. The van der Waals surface area contributed by atoms with Gasteiger partial charge in [-0.25, -0.2) is 8.42 Å². The zero-order valence-electron chi connectivity index (χ0n) is 14.2. The van der Waals surface area contributed by atoms with Crippen molar-refractivity contribution in [1.29, 1.82) is 0 Å². The summed E-state index contributed by atoms with van der Waals surface area (Å²) in [5.41, 5.74) is 1.18. The van der Waals surface area contributed by atoms with Crippen LogP contribution >= 0.6 is 0 Å². The molecule has 0 N–H and O–H groups in total. The molecule has 0 radical (unpaired) electrons. The van der Waals surface area contributed by atoms with Gasteiger partial charge < -0.3 is 4.90 Å². The van der Waals surface area contributed by atoms with Crippen LogP contribution in [-0.4, -0.2) is 77.9 Å². The minimum atomic E-state index is -3.12. The first-order chi connectivity index (χ1) is 12.0. The second-order valence-electron chi connectivity index (χ2n) is 7.22. The molecule has 7 nitrogen and oxygen atoms in total. The highest BCUT2D eigenvalue weighted by molar-refractivity contribution is 7.90. The molecule has 0 bridgehead atoms. The maximum Gasteiger partial charge on any atom is 0.228 e. The second-order valence-corrected chi connectivity index (χ2v) is 9.43. The zero-order chi connectivity index (χ0) is 17.4. The van der Waals surface area contributed by atoms with E-state index in [1.807, 2.05) is 17.2 Å². The molecule has 2 saturated heterocycles. The Bertz CT molecular complexity index is 722. The van der Waals surface area contributed by atoms with E-state index in [9.17, 15) is 13.2 Å². The van der Waals surface area contributed by atoms with Gasteiger partial charge in [0.25, 0.3) is 0 Å². The van der Waals surface area contributed by atoms with E-state index in [0.29, 0.717) is 26.2 Å². The van der Waals surface area contributed by atoms with Crippen molar-refractivity contribution in [1.82, 2.24) is 19.1 Å². The fraction of sp³-hybridized carbons (Fsp3) is 0.647. The average molecular weight is 364 g/mol. The lowest BCUT2D eigenvalue weighted by atomic mass is 10.0. The standard InChI is InChI=1S/C17H24N4O3S/c22-17(15-12-21(13-15)25(23,24)16-3-4-16)20-8-6-19(7-9-20)11-14-2-1-5-18-10-14/h1-2,5,10,15-16H,3-4,6-9,11-13H2. The van der Waals surface area contributed by atoms with Crippen molar-refractivity contribution in [3.8, 4) is 0 Å². The summed E-state index contributed by atoms with van der Waals surface area (Å²) in [6, 6.07) is 4.00. The van der Waals surface area contributed by atoms with Gasteiger partial charge in [0.05, 0.1) is 11.2 Å². The summed E-state index contributed by atoms with van der Waals surface area (Å²) in [5.74, 6) is -0.0401. The molecular weight excluding hydrogens is 340 g/mol. The second kappa shape index (κ2) is 6.66. The molecule has 136 valence electrons. The zero-order valence-corrected chi connectivity index (χ0v) is 15.1. The van der Waals surface area contributed by atoms with Gasteiger partial charge >= 0.3 is 0 Å². The third-order valence-electron chi connectivity index (χ3n) is 5.32. The molecule has 3 fully saturated rings. The number of amides is 1. The predicted molar refractivity (Wildman–Crippen MR) is 93.1 cm³/mol.